The standard InChI is InChI=1S/C14H28N2O/c1-11(2)9-16(12(3)4)13(17)14(5)7-6-8-15-10-14/h11-12,15H,6-10H2,1-5H3. The summed E-state index contributed by atoms with van der Waals surface area (Å²) in [6, 6.07) is 0.295. The Bertz CT molecular complexity index is 255. The maximum absolute atomic E-state index is 12.7. The summed E-state index contributed by atoms with van der Waals surface area (Å²) in [6.07, 6.45) is 2.12. The SMILES string of the molecule is CC(C)CN(C(=O)C1(C)CCCNC1)C(C)C. The molecule has 17 heavy (non-hydrogen) atoms. The monoisotopic (exact) mass is 240 g/mol. The molecule has 3 nitrogen and oxygen atoms in total. The molecule has 3 heteroatoms. The molecule has 1 heterocycles. The van der Waals surface area contributed by atoms with E-state index in [0.717, 1.165) is 32.5 Å². The number of carbonyl (C=O) groups excluding carboxylic acids is 1. The van der Waals surface area contributed by atoms with Crippen molar-refractivity contribution < 1.29 is 4.79 Å². The Hall–Kier alpha value is -0.570. The first-order chi connectivity index (χ1) is 7.87. The minimum absolute atomic E-state index is 0.197. The smallest absolute Gasteiger partial charge is 0.230 e. The number of rotatable bonds is 4. The Morgan fingerprint density at radius 3 is 2.41 bits per heavy atom. The molecule has 1 rings (SSSR count). The summed E-state index contributed by atoms with van der Waals surface area (Å²) in [6.45, 7) is 13.4. The molecule has 1 unspecified atom stereocenters. The van der Waals surface area contributed by atoms with Gasteiger partial charge in [-0.25, -0.2) is 0 Å². The highest BCUT2D eigenvalue weighted by molar-refractivity contribution is 5.83. The van der Waals surface area contributed by atoms with Crippen LogP contribution in [0.25, 0.3) is 0 Å². The Kier molecular flexibility index (Phi) is 4.99. The fourth-order valence-corrected chi connectivity index (χ4v) is 2.51. The van der Waals surface area contributed by atoms with Gasteiger partial charge in [0.15, 0.2) is 0 Å². The first-order valence-electron chi connectivity index (χ1n) is 6.88. The van der Waals surface area contributed by atoms with Gasteiger partial charge in [0.05, 0.1) is 5.41 Å². The van der Waals surface area contributed by atoms with Crippen molar-refractivity contribution in [2.24, 2.45) is 11.3 Å². The lowest BCUT2D eigenvalue weighted by Gasteiger charge is -2.40. The van der Waals surface area contributed by atoms with E-state index in [0.29, 0.717) is 17.9 Å². The molecule has 1 aliphatic rings. The zero-order valence-corrected chi connectivity index (χ0v) is 12.0. The van der Waals surface area contributed by atoms with Crippen molar-refractivity contribution in [2.45, 2.75) is 53.5 Å². The average molecular weight is 240 g/mol. The third kappa shape index (κ3) is 3.70. The molecular formula is C14H28N2O. The van der Waals surface area contributed by atoms with Crippen molar-refractivity contribution in [1.82, 2.24) is 10.2 Å². The number of hydrogen-bond donors (Lipinski definition) is 1. The second-order valence-electron chi connectivity index (χ2n) is 6.29. The topological polar surface area (TPSA) is 32.3 Å². The van der Waals surface area contributed by atoms with Gasteiger partial charge in [0.25, 0.3) is 0 Å². The van der Waals surface area contributed by atoms with Gasteiger partial charge in [-0.1, -0.05) is 13.8 Å². The largest absolute Gasteiger partial charge is 0.340 e. The van der Waals surface area contributed by atoms with Crippen LogP contribution in [0.4, 0.5) is 0 Å². The Labute approximate surface area is 106 Å². The van der Waals surface area contributed by atoms with Crippen LogP contribution in [0.2, 0.25) is 0 Å². The molecule has 100 valence electrons. The summed E-state index contributed by atoms with van der Waals surface area (Å²) < 4.78 is 0. The molecule has 1 amide bonds. The van der Waals surface area contributed by atoms with Crippen molar-refractivity contribution in [3.8, 4) is 0 Å². The fraction of sp³-hybridized carbons (Fsp3) is 0.929. The predicted molar refractivity (Wildman–Crippen MR) is 71.9 cm³/mol. The van der Waals surface area contributed by atoms with Crippen LogP contribution >= 0.6 is 0 Å². The summed E-state index contributed by atoms with van der Waals surface area (Å²) in [5.41, 5.74) is -0.197. The van der Waals surface area contributed by atoms with Gasteiger partial charge < -0.3 is 10.2 Å². The quantitative estimate of drug-likeness (QED) is 0.817. The molecule has 0 saturated carbocycles. The lowest BCUT2D eigenvalue weighted by atomic mass is 9.81. The molecule has 0 radical (unpaired) electrons. The van der Waals surface area contributed by atoms with Crippen LogP contribution in [0.15, 0.2) is 0 Å². The van der Waals surface area contributed by atoms with Crippen LogP contribution in [0.1, 0.15) is 47.5 Å². The lowest BCUT2D eigenvalue weighted by molar-refractivity contribution is -0.144. The maximum Gasteiger partial charge on any atom is 0.230 e. The molecule has 1 aliphatic heterocycles. The van der Waals surface area contributed by atoms with Gasteiger partial charge in [0, 0.05) is 19.1 Å². The normalized spacial score (nSPS) is 25.4. The summed E-state index contributed by atoms with van der Waals surface area (Å²) in [7, 11) is 0. The minimum Gasteiger partial charge on any atom is -0.340 e. The van der Waals surface area contributed by atoms with Crippen LogP contribution < -0.4 is 5.32 Å². The number of piperidine rings is 1. The van der Waals surface area contributed by atoms with Crippen LogP contribution in [0.5, 0.6) is 0 Å². The van der Waals surface area contributed by atoms with Crippen molar-refractivity contribution in [3.05, 3.63) is 0 Å². The molecule has 0 aliphatic carbocycles. The van der Waals surface area contributed by atoms with E-state index in [4.69, 9.17) is 0 Å². The molecule has 0 aromatic carbocycles. The van der Waals surface area contributed by atoms with Gasteiger partial charge in [-0.05, 0) is 46.1 Å². The highest BCUT2D eigenvalue weighted by Crippen LogP contribution is 2.29. The predicted octanol–water partition coefficient (Wildman–Crippen LogP) is 2.27. The Balaban J connectivity index is 2.75. The summed E-state index contributed by atoms with van der Waals surface area (Å²) in [5, 5.41) is 3.36. The van der Waals surface area contributed by atoms with Gasteiger partial charge in [0.2, 0.25) is 5.91 Å². The van der Waals surface area contributed by atoms with E-state index in [2.05, 4.69) is 44.8 Å². The number of hydrogen-bond acceptors (Lipinski definition) is 2. The van der Waals surface area contributed by atoms with Gasteiger partial charge in [-0.3, -0.25) is 4.79 Å². The van der Waals surface area contributed by atoms with E-state index >= 15 is 0 Å². The lowest BCUT2D eigenvalue weighted by Crippen LogP contribution is -2.53. The first-order valence-corrected chi connectivity index (χ1v) is 6.88. The van der Waals surface area contributed by atoms with Gasteiger partial charge >= 0.3 is 0 Å². The first kappa shape index (κ1) is 14.5. The number of nitrogens with one attached hydrogen (secondary N) is 1. The highest BCUT2D eigenvalue weighted by Gasteiger charge is 2.38. The third-order valence-corrected chi connectivity index (χ3v) is 3.56. The fourth-order valence-electron chi connectivity index (χ4n) is 2.51. The Morgan fingerprint density at radius 1 is 1.35 bits per heavy atom. The minimum atomic E-state index is -0.197. The Morgan fingerprint density at radius 2 is 2.00 bits per heavy atom. The van der Waals surface area contributed by atoms with Gasteiger partial charge in [-0.15, -0.1) is 0 Å². The van der Waals surface area contributed by atoms with Crippen molar-refractivity contribution in [2.75, 3.05) is 19.6 Å². The third-order valence-electron chi connectivity index (χ3n) is 3.56. The van der Waals surface area contributed by atoms with Crippen LogP contribution in [0, 0.1) is 11.3 Å². The van der Waals surface area contributed by atoms with E-state index in [-0.39, 0.29) is 5.41 Å². The summed E-state index contributed by atoms with van der Waals surface area (Å²) >= 11 is 0. The van der Waals surface area contributed by atoms with Gasteiger partial charge in [-0.2, -0.15) is 0 Å². The molecule has 1 saturated heterocycles. The van der Waals surface area contributed by atoms with E-state index in [9.17, 15) is 4.79 Å². The van der Waals surface area contributed by atoms with E-state index in [1.807, 2.05) is 0 Å². The van der Waals surface area contributed by atoms with E-state index in [1.54, 1.807) is 0 Å². The number of nitrogens with zero attached hydrogens (tertiary/aromatic N) is 1. The van der Waals surface area contributed by atoms with Gasteiger partial charge in [0.1, 0.15) is 0 Å². The summed E-state index contributed by atoms with van der Waals surface area (Å²) in [4.78, 5) is 14.7. The van der Waals surface area contributed by atoms with Crippen molar-refractivity contribution >= 4 is 5.91 Å². The number of carbonyl (C=O) groups is 1. The second-order valence-corrected chi connectivity index (χ2v) is 6.29. The molecule has 0 bridgehead atoms. The van der Waals surface area contributed by atoms with E-state index < -0.39 is 0 Å². The maximum atomic E-state index is 12.7. The average Bonchev–Trinajstić information content (AvgIpc) is 2.25. The highest BCUT2D eigenvalue weighted by atomic mass is 16.2. The van der Waals surface area contributed by atoms with Crippen LogP contribution in [0.3, 0.4) is 0 Å². The van der Waals surface area contributed by atoms with Crippen molar-refractivity contribution in [3.63, 3.8) is 0 Å². The van der Waals surface area contributed by atoms with Crippen LogP contribution in [-0.4, -0.2) is 36.5 Å². The second kappa shape index (κ2) is 5.85. The molecule has 0 aromatic heterocycles. The molecule has 0 spiro atoms. The zero-order valence-electron chi connectivity index (χ0n) is 12.0. The summed E-state index contributed by atoms with van der Waals surface area (Å²) in [5.74, 6) is 0.856. The van der Waals surface area contributed by atoms with E-state index in [1.165, 1.54) is 0 Å². The molecule has 0 aromatic rings. The van der Waals surface area contributed by atoms with Crippen LogP contribution in [-0.2, 0) is 4.79 Å². The molecule has 1 N–H and O–H groups in total. The molecular weight excluding hydrogens is 212 g/mol. The van der Waals surface area contributed by atoms with Crippen molar-refractivity contribution in [1.29, 1.82) is 0 Å². The number of amides is 1. The molecule has 1 fully saturated rings. The zero-order chi connectivity index (χ0) is 13.1. The molecule has 1 atom stereocenters.